The molecule has 17 heavy (non-hydrogen) atoms. The molecular formula is C15H20N2. The Labute approximate surface area is 102 Å². The standard InChI is InChI=1S/C15H20N2/c1-2-12(3-1)6-8-16-11-13-4-5-15-14(10-13)7-9-17-15/h4-5,7,9-10,12,16-17H,1-3,6,8,11H2. The average molecular weight is 228 g/mol. The summed E-state index contributed by atoms with van der Waals surface area (Å²) in [5.41, 5.74) is 2.61. The molecule has 1 fully saturated rings. The van der Waals surface area contributed by atoms with Gasteiger partial charge < -0.3 is 10.3 Å². The van der Waals surface area contributed by atoms with E-state index in [9.17, 15) is 0 Å². The molecule has 2 heteroatoms. The molecule has 0 bridgehead atoms. The molecule has 1 aromatic heterocycles. The Morgan fingerprint density at radius 2 is 2.18 bits per heavy atom. The molecule has 3 rings (SSSR count). The molecule has 1 aromatic carbocycles. The molecule has 0 unspecified atom stereocenters. The number of aromatic nitrogens is 1. The Balaban J connectivity index is 1.49. The summed E-state index contributed by atoms with van der Waals surface area (Å²) in [4.78, 5) is 3.22. The van der Waals surface area contributed by atoms with E-state index in [4.69, 9.17) is 0 Å². The first-order valence-electron chi connectivity index (χ1n) is 6.68. The molecular weight excluding hydrogens is 208 g/mol. The van der Waals surface area contributed by atoms with Crippen molar-refractivity contribution < 1.29 is 0 Å². The molecule has 0 amide bonds. The lowest BCUT2D eigenvalue weighted by atomic mass is 9.83. The lowest BCUT2D eigenvalue weighted by Gasteiger charge is -2.25. The second-order valence-electron chi connectivity index (χ2n) is 5.16. The Bertz CT molecular complexity index is 482. The third-order valence-electron chi connectivity index (χ3n) is 3.90. The van der Waals surface area contributed by atoms with E-state index >= 15 is 0 Å². The van der Waals surface area contributed by atoms with E-state index in [2.05, 4.69) is 34.6 Å². The maximum absolute atomic E-state index is 3.55. The zero-order chi connectivity index (χ0) is 11.5. The normalized spacial score (nSPS) is 16.2. The number of hydrogen-bond donors (Lipinski definition) is 2. The number of H-pyrrole nitrogens is 1. The SMILES string of the molecule is c1cc2cc(CNCCC3CCC3)ccc2[nH]1. The van der Waals surface area contributed by atoms with Crippen LogP contribution in [0.5, 0.6) is 0 Å². The highest BCUT2D eigenvalue weighted by Crippen LogP contribution is 2.28. The first-order chi connectivity index (χ1) is 8.42. The number of nitrogens with one attached hydrogen (secondary N) is 2. The maximum atomic E-state index is 3.55. The van der Waals surface area contributed by atoms with Crippen molar-refractivity contribution in [2.45, 2.75) is 32.2 Å². The van der Waals surface area contributed by atoms with Crippen LogP contribution in [0.25, 0.3) is 10.9 Å². The van der Waals surface area contributed by atoms with Crippen LogP contribution in [0.4, 0.5) is 0 Å². The van der Waals surface area contributed by atoms with Crippen molar-refractivity contribution in [3.05, 3.63) is 36.0 Å². The number of benzene rings is 1. The summed E-state index contributed by atoms with van der Waals surface area (Å²) < 4.78 is 0. The molecule has 1 aliphatic rings. The molecule has 2 nitrogen and oxygen atoms in total. The van der Waals surface area contributed by atoms with Crippen LogP contribution >= 0.6 is 0 Å². The van der Waals surface area contributed by atoms with Gasteiger partial charge in [-0.2, -0.15) is 0 Å². The molecule has 0 atom stereocenters. The molecule has 90 valence electrons. The van der Waals surface area contributed by atoms with Gasteiger partial charge in [0.15, 0.2) is 0 Å². The minimum atomic E-state index is 0.994. The monoisotopic (exact) mass is 228 g/mol. The quantitative estimate of drug-likeness (QED) is 0.754. The van der Waals surface area contributed by atoms with Gasteiger partial charge in [0, 0.05) is 18.3 Å². The maximum Gasteiger partial charge on any atom is 0.0454 e. The van der Waals surface area contributed by atoms with Gasteiger partial charge in [-0.25, -0.2) is 0 Å². The van der Waals surface area contributed by atoms with Crippen LogP contribution in [0.1, 0.15) is 31.2 Å². The predicted octanol–water partition coefficient (Wildman–Crippen LogP) is 3.45. The third kappa shape index (κ3) is 2.52. The van der Waals surface area contributed by atoms with Crippen molar-refractivity contribution in [2.75, 3.05) is 6.54 Å². The van der Waals surface area contributed by atoms with Crippen LogP contribution < -0.4 is 5.32 Å². The lowest BCUT2D eigenvalue weighted by Crippen LogP contribution is -2.21. The molecule has 0 spiro atoms. The van der Waals surface area contributed by atoms with Crippen molar-refractivity contribution in [1.82, 2.24) is 10.3 Å². The van der Waals surface area contributed by atoms with Crippen LogP contribution in [0.2, 0.25) is 0 Å². The van der Waals surface area contributed by atoms with E-state index in [0.717, 1.165) is 19.0 Å². The highest BCUT2D eigenvalue weighted by molar-refractivity contribution is 5.79. The van der Waals surface area contributed by atoms with Crippen molar-refractivity contribution in [3.63, 3.8) is 0 Å². The van der Waals surface area contributed by atoms with Gasteiger partial charge in [0.25, 0.3) is 0 Å². The van der Waals surface area contributed by atoms with Gasteiger partial charge in [0.2, 0.25) is 0 Å². The van der Waals surface area contributed by atoms with Gasteiger partial charge in [0.1, 0.15) is 0 Å². The first kappa shape index (κ1) is 10.8. The van der Waals surface area contributed by atoms with E-state index in [-0.39, 0.29) is 0 Å². The Hall–Kier alpha value is -1.28. The zero-order valence-electron chi connectivity index (χ0n) is 10.2. The topological polar surface area (TPSA) is 27.8 Å². The van der Waals surface area contributed by atoms with Gasteiger partial charge in [-0.15, -0.1) is 0 Å². The van der Waals surface area contributed by atoms with Gasteiger partial charge in [-0.05, 0) is 48.0 Å². The Morgan fingerprint density at radius 1 is 1.24 bits per heavy atom. The largest absolute Gasteiger partial charge is 0.361 e. The molecule has 0 saturated heterocycles. The van der Waals surface area contributed by atoms with E-state index in [1.807, 2.05) is 6.20 Å². The van der Waals surface area contributed by atoms with E-state index in [0.29, 0.717) is 0 Å². The van der Waals surface area contributed by atoms with Crippen molar-refractivity contribution in [1.29, 1.82) is 0 Å². The fraction of sp³-hybridized carbons (Fsp3) is 0.467. The Kier molecular flexibility index (Phi) is 3.14. The summed E-state index contributed by atoms with van der Waals surface area (Å²) in [6.45, 7) is 2.16. The Morgan fingerprint density at radius 3 is 3.00 bits per heavy atom. The molecule has 1 heterocycles. The van der Waals surface area contributed by atoms with Crippen molar-refractivity contribution >= 4 is 10.9 Å². The van der Waals surface area contributed by atoms with Crippen LogP contribution in [-0.4, -0.2) is 11.5 Å². The van der Waals surface area contributed by atoms with Gasteiger partial charge in [-0.1, -0.05) is 25.3 Å². The molecule has 0 radical (unpaired) electrons. The fourth-order valence-electron chi connectivity index (χ4n) is 2.53. The summed E-state index contributed by atoms with van der Waals surface area (Å²) in [6, 6.07) is 8.77. The highest BCUT2D eigenvalue weighted by Gasteiger charge is 2.15. The number of aromatic amines is 1. The van der Waals surface area contributed by atoms with Gasteiger partial charge >= 0.3 is 0 Å². The molecule has 1 aliphatic carbocycles. The molecule has 1 saturated carbocycles. The third-order valence-corrected chi connectivity index (χ3v) is 3.90. The molecule has 2 N–H and O–H groups in total. The summed E-state index contributed by atoms with van der Waals surface area (Å²) in [6.07, 6.45) is 7.72. The van der Waals surface area contributed by atoms with E-state index in [1.54, 1.807) is 0 Å². The summed E-state index contributed by atoms with van der Waals surface area (Å²) >= 11 is 0. The fourth-order valence-corrected chi connectivity index (χ4v) is 2.53. The minimum absolute atomic E-state index is 0.994. The number of rotatable bonds is 5. The van der Waals surface area contributed by atoms with Crippen LogP contribution in [0.3, 0.4) is 0 Å². The van der Waals surface area contributed by atoms with E-state index in [1.165, 1.54) is 42.1 Å². The average Bonchev–Trinajstić information content (AvgIpc) is 2.73. The van der Waals surface area contributed by atoms with Gasteiger partial charge in [-0.3, -0.25) is 0 Å². The van der Waals surface area contributed by atoms with Crippen LogP contribution in [0.15, 0.2) is 30.5 Å². The van der Waals surface area contributed by atoms with Crippen molar-refractivity contribution in [3.8, 4) is 0 Å². The highest BCUT2D eigenvalue weighted by atomic mass is 14.8. The summed E-state index contributed by atoms with van der Waals surface area (Å²) in [5, 5.41) is 4.86. The van der Waals surface area contributed by atoms with Crippen molar-refractivity contribution in [2.24, 2.45) is 5.92 Å². The van der Waals surface area contributed by atoms with Crippen LogP contribution in [-0.2, 0) is 6.54 Å². The second kappa shape index (κ2) is 4.92. The molecule has 2 aromatic rings. The zero-order valence-corrected chi connectivity index (χ0v) is 10.2. The number of hydrogen-bond acceptors (Lipinski definition) is 1. The lowest BCUT2D eigenvalue weighted by molar-refractivity contribution is 0.292. The van der Waals surface area contributed by atoms with Gasteiger partial charge in [0.05, 0.1) is 0 Å². The smallest absolute Gasteiger partial charge is 0.0454 e. The molecule has 0 aliphatic heterocycles. The number of fused-ring (bicyclic) bond motifs is 1. The minimum Gasteiger partial charge on any atom is -0.361 e. The predicted molar refractivity (Wildman–Crippen MR) is 72.0 cm³/mol. The van der Waals surface area contributed by atoms with E-state index < -0.39 is 0 Å². The summed E-state index contributed by atoms with van der Waals surface area (Å²) in [7, 11) is 0. The second-order valence-corrected chi connectivity index (χ2v) is 5.16. The summed E-state index contributed by atoms with van der Waals surface area (Å²) in [5.74, 6) is 1.01. The van der Waals surface area contributed by atoms with Crippen LogP contribution in [0, 0.1) is 5.92 Å². The first-order valence-corrected chi connectivity index (χ1v) is 6.68.